The van der Waals surface area contributed by atoms with E-state index in [-0.39, 0.29) is 23.8 Å². The molecule has 0 saturated carbocycles. The van der Waals surface area contributed by atoms with Crippen LogP contribution in [0.25, 0.3) is 0 Å². The summed E-state index contributed by atoms with van der Waals surface area (Å²) in [6.45, 7) is 4.93. The van der Waals surface area contributed by atoms with E-state index in [1.807, 2.05) is 0 Å². The molecule has 1 aliphatic heterocycles. The van der Waals surface area contributed by atoms with Crippen LogP contribution in [0, 0.1) is 12.8 Å². The minimum atomic E-state index is -0.00940. The maximum absolute atomic E-state index is 12.5. The Morgan fingerprint density at radius 1 is 1.43 bits per heavy atom. The molecule has 0 aromatic carbocycles. The summed E-state index contributed by atoms with van der Waals surface area (Å²) in [6.07, 6.45) is 1.09. The Balaban J connectivity index is 1.96. The van der Waals surface area contributed by atoms with Crippen molar-refractivity contribution in [2.24, 2.45) is 5.92 Å². The Morgan fingerprint density at radius 3 is 2.74 bits per heavy atom. The topological polar surface area (TPSA) is 88.8 Å². The number of hydrogen-bond donors (Lipinski definition) is 0. The van der Waals surface area contributed by atoms with Gasteiger partial charge in [0.2, 0.25) is 11.8 Å². The fourth-order valence-corrected chi connectivity index (χ4v) is 2.89. The monoisotopic (exact) mass is 324 g/mol. The highest BCUT2D eigenvalue weighted by Gasteiger charge is 2.32. The first-order valence-corrected chi connectivity index (χ1v) is 7.72. The molecule has 1 aromatic heterocycles. The van der Waals surface area contributed by atoms with E-state index in [0.29, 0.717) is 37.4 Å². The molecule has 0 aliphatic carbocycles. The molecule has 1 saturated heterocycles. The van der Waals surface area contributed by atoms with Gasteiger partial charge in [0.1, 0.15) is 11.4 Å². The van der Waals surface area contributed by atoms with Gasteiger partial charge in [0.15, 0.2) is 0 Å². The average Bonchev–Trinajstić information content (AvgIpc) is 2.92. The zero-order valence-electron chi connectivity index (χ0n) is 14.1. The minimum Gasteiger partial charge on any atom is -0.381 e. The SMILES string of the molecule is CO[C@@H]1CCN(C(C)=O)C[C@H]1CC(=O)N(C)Cc1nonc1C. The van der Waals surface area contributed by atoms with Gasteiger partial charge >= 0.3 is 0 Å². The number of amides is 2. The van der Waals surface area contributed by atoms with Crippen LogP contribution >= 0.6 is 0 Å². The highest BCUT2D eigenvalue weighted by atomic mass is 16.6. The van der Waals surface area contributed by atoms with E-state index in [4.69, 9.17) is 4.74 Å². The van der Waals surface area contributed by atoms with Crippen LogP contribution in [-0.2, 0) is 20.9 Å². The lowest BCUT2D eigenvalue weighted by Gasteiger charge is -2.37. The summed E-state index contributed by atoms with van der Waals surface area (Å²) in [4.78, 5) is 27.4. The standard InChI is InChI=1S/C15H24N4O4/c1-10-13(17-23-16-10)9-18(3)15(21)7-12-8-19(11(2)20)6-5-14(12)22-4/h12,14H,5-9H2,1-4H3/t12-,14-/m1/s1. The third kappa shape index (κ3) is 4.28. The maximum Gasteiger partial charge on any atom is 0.223 e. The van der Waals surface area contributed by atoms with Crippen molar-refractivity contribution in [1.29, 1.82) is 0 Å². The quantitative estimate of drug-likeness (QED) is 0.788. The second-order valence-corrected chi connectivity index (χ2v) is 6.04. The molecule has 2 rings (SSSR count). The van der Waals surface area contributed by atoms with Crippen molar-refractivity contribution in [3.63, 3.8) is 0 Å². The van der Waals surface area contributed by atoms with Crippen LogP contribution in [0.5, 0.6) is 0 Å². The Morgan fingerprint density at radius 2 is 2.17 bits per heavy atom. The smallest absolute Gasteiger partial charge is 0.223 e. The molecule has 0 unspecified atom stereocenters. The first kappa shape index (κ1) is 17.4. The van der Waals surface area contributed by atoms with Crippen molar-refractivity contribution in [2.45, 2.75) is 39.3 Å². The van der Waals surface area contributed by atoms with Crippen molar-refractivity contribution in [3.05, 3.63) is 11.4 Å². The lowest BCUT2D eigenvalue weighted by molar-refractivity contribution is -0.139. The Bertz CT molecular complexity index is 559. The van der Waals surface area contributed by atoms with Crippen molar-refractivity contribution in [2.75, 3.05) is 27.2 Å². The van der Waals surface area contributed by atoms with E-state index < -0.39 is 0 Å². The van der Waals surface area contributed by atoms with Crippen LogP contribution in [0.4, 0.5) is 0 Å². The van der Waals surface area contributed by atoms with Crippen molar-refractivity contribution in [1.82, 2.24) is 20.1 Å². The summed E-state index contributed by atoms with van der Waals surface area (Å²) >= 11 is 0. The van der Waals surface area contributed by atoms with Gasteiger partial charge in [-0.25, -0.2) is 4.63 Å². The number of ether oxygens (including phenoxy) is 1. The highest BCUT2D eigenvalue weighted by molar-refractivity contribution is 5.77. The average molecular weight is 324 g/mol. The molecule has 0 radical (unpaired) electrons. The van der Waals surface area contributed by atoms with Crippen LogP contribution in [-0.4, -0.2) is 65.3 Å². The Hall–Kier alpha value is -1.96. The second kappa shape index (κ2) is 7.54. The van der Waals surface area contributed by atoms with Crippen molar-refractivity contribution < 1.29 is 19.0 Å². The van der Waals surface area contributed by atoms with Gasteiger partial charge in [-0.1, -0.05) is 10.3 Å². The van der Waals surface area contributed by atoms with Crippen LogP contribution < -0.4 is 0 Å². The summed E-state index contributed by atoms with van der Waals surface area (Å²) < 4.78 is 10.1. The van der Waals surface area contributed by atoms with Gasteiger partial charge in [0, 0.05) is 46.5 Å². The van der Waals surface area contributed by atoms with Crippen molar-refractivity contribution >= 4 is 11.8 Å². The molecule has 2 heterocycles. The van der Waals surface area contributed by atoms with Gasteiger partial charge in [-0.15, -0.1) is 0 Å². The van der Waals surface area contributed by atoms with E-state index in [0.717, 1.165) is 6.42 Å². The van der Waals surface area contributed by atoms with Crippen LogP contribution in [0.1, 0.15) is 31.2 Å². The summed E-state index contributed by atoms with van der Waals surface area (Å²) in [7, 11) is 3.38. The number of nitrogens with zero attached hydrogens (tertiary/aromatic N) is 4. The normalized spacial score (nSPS) is 21.3. The number of carbonyl (C=O) groups is 2. The molecule has 1 aromatic rings. The van der Waals surface area contributed by atoms with Crippen molar-refractivity contribution in [3.8, 4) is 0 Å². The van der Waals surface area contributed by atoms with Gasteiger partial charge in [-0.2, -0.15) is 0 Å². The Labute approximate surface area is 135 Å². The lowest BCUT2D eigenvalue weighted by Crippen LogP contribution is -2.47. The molecule has 0 spiro atoms. The van der Waals surface area contributed by atoms with Gasteiger partial charge in [0.25, 0.3) is 0 Å². The second-order valence-electron chi connectivity index (χ2n) is 6.04. The zero-order valence-corrected chi connectivity index (χ0v) is 14.1. The third-order valence-corrected chi connectivity index (χ3v) is 4.41. The molecule has 23 heavy (non-hydrogen) atoms. The molecule has 1 fully saturated rings. The molecule has 0 bridgehead atoms. The van der Waals surface area contributed by atoms with Gasteiger partial charge in [-0.05, 0) is 13.3 Å². The molecule has 2 atom stereocenters. The number of aryl methyl sites for hydroxylation is 1. The number of methoxy groups -OCH3 is 1. The molecule has 2 amide bonds. The maximum atomic E-state index is 12.5. The van der Waals surface area contributed by atoms with Gasteiger partial charge in [0.05, 0.1) is 12.6 Å². The molecule has 8 heteroatoms. The highest BCUT2D eigenvalue weighted by Crippen LogP contribution is 2.24. The number of rotatable bonds is 5. The largest absolute Gasteiger partial charge is 0.381 e. The minimum absolute atomic E-state index is 0.00148. The fourth-order valence-electron chi connectivity index (χ4n) is 2.89. The van der Waals surface area contributed by atoms with E-state index in [9.17, 15) is 9.59 Å². The molecular formula is C15H24N4O4. The summed E-state index contributed by atoms with van der Waals surface area (Å²) in [5.74, 6) is 0.0311. The number of aromatic nitrogens is 2. The fraction of sp³-hybridized carbons (Fsp3) is 0.733. The van der Waals surface area contributed by atoms with E-state index in [1.165, 1.54) is 0 Å². The Kier molecular flexibility index (Phi) is 5.70. The van der Waals surface area contributed by atoms with Gasteiger partial charge in [-0.3, -0.25) is 9.59 Å². The number of likely N-dealkylation sites (tertiary alicyclic amines) is 1. The number of piperidine rings is 1. The summed E-state index contributed by atoms with van der Waals surface area (Å²) in [5, 5.41) is 7.50. The summed E-state index contributed by atoms with van der Waals surface area (Å²) in [5.41, 5.74) is 1.33. The lowest BCUT2D eigenvalue weighted by atomic mass is 9.91. The van der Waals surface area contributed by atoms with Crippen LogP contribution in [0.3, 0.4) is 0 Å². The molecule has 1 aliphatic rings. The van der Waals surface area contributed by atoms with E-state index in [1.54, 1.807) is 37.8 Å². The molecule has 8 nitrogen and oxygen atoms in total. The predicted octanol–water partition coefficient (Wildman–Crippen LogP) is 0.610. The van der Waals surface area contributed by atoms with Gasteiger partial charge < -0.3 is 14.5 Å². The van der Waals surface area contributed by atoms with E-state index >= 15 is 0 Å². The molecule has 0 N–H and O–H groups in total. The third-order valence-electron chi connectivity index (χ3n) is 4.41. The number of hydrogen-bond acceptors (Lipinski definition) is 6. The van der Waals surface area contributed by atoms with Crippen LogP contribution in [0.2, 0.25) is 0 Å². The first-order chi connectivity index (χ1) is 10.9. The predicted molar refractivity (Wildman–Crippen MR) is 81.3 cm³/mol. The summed E-state index contributed by atoms with van der Waals surface area (Å²) in [6, 6.07) is 0. The molecule has 128 valence electrons. The molecular weight excluding hydrogens is 300 g/mol. The van der Waals surface area contributed by atoms with E-state index in [2.05, 4.69) is 14.9 Å². The zero-order chi connectivity index (χ0) is 17.0. The number of carbonyl (C=O) groups excluding carboxylic acids is 2. The van der Waals surface area contributed by atoms with Crippen LogP contribution in [0.15, 0.2) is 4.63 Å². The first-order valence-electron chi connectivity index (χ1n) is 7.72.